The van der Waals surface area contributed by atoms with Crippen LogP contribution >= 0.6 is 11.6 Å². The van der Waals surface area contributed by atoms with Crippen molar-refractivity contribution in [2.75, 3.05) is 54.1 Å². The zero-order valence-electron chi connectivity index (χ0n) is 44.9. The Morgan fingerprint density at radius 2 is 1.51 bits per heavy atom. The summed E-state index contributed by atoms with van der Waals surface area (Å²) in [4.78, 5) is 121. The van der Waals surface area contributed by atoms with Crippen molar-refractivity contribution in [2.24, 2.45) is 17.6 Å². The molecule has 0 spiro atoms. The number of halogens is 1. The quantitative estimate of drug-likeness (QED) is 0.0240. The Morgan fingerprint density at radius 3 is 2.20 bits per heavy atom. The highest BCUT2D eigenvalue weighted by atomic mass is 35.5. The van der Waals surface area contributed by atoms with E-state index in [2.05, 4.69) is 36.9 Å². The number of carboxylic acid groups (broad SMARTS) is 1. The maximum Gasteiger partial charge on any atom is 0.312 e. The van der Waals surface area contributed by atoms with Crippen molar-refractivity contribution < 1.29 is 68.3 Å². The fraction of sp³-hybridized carbons (Fsp3) is 0.386. The molecule has 2 aliphatic heterocycles. The highest BCUT2D eigenvalue weighted by Gasteiger charge is 2.47. The molecule has 24 nitrogen and oxygen atoms in total. The van der Waals surface area contributed by atoms with E-state index in [0.29, 0.717) is 33.4 Å². The first kappa shape index (κ1) is 59.7. The number of carbonyl (C=O) groups is 9. The van der Waals surface area contributed by atoms with Gasteiger partial charge in [-0.05, 0) is 84.7 Å². The van der Waals surface area contributed by atoms with E-state index >= 15 is 0 Å². The number of hydrogen-bond acceptors (Lipinski definition) is 14. The third kappa shape index (κ3) is 13.8. The lowest BCUT2D eigenvalue weighted by molar-refractivity contribution is -0.174. The fourth-order valence-electron chi connectivity index (χ4n) is 10.4. The molecule has 9 amide bonds. The van der Waals surface area contributed by atoms with Gasteiger partial charge in [-0.2, -0.15) is 0 Å². The van der Waals surface area contributed by atoms with E-state index in [9.17, 15) is 63.6 Å². The first-order valence-electron chi connectivity index (χ1n) is 26.8. The first-order valence-corrected chi connectivity index (χ1v) is 27.4. The fourth-order valence-corrected chi connectivity index (χ4v) is 10.7. The number of alkyl halides is 1. The van der Waals surface area contributed by atoms with Crippen LogP contribution in [0, 0.1) is 11.8 Å². The number of H-pyrrole nitrogens is 1. The summed E-state index contributed by atoms with van der Waals surface area (Å²) >= 11 is 6.54. The lowest BCUT2D eigenvalue weighted by Crippen LogP contribution is -2.57. The van der Waals surface area contributed by atoms with Crippen LogP contribution in [0.3, 0.4) is 0 Å². The molecule has 1 aromatic heterocycles. The van der Waals surface area contributed by atoms with E-state index < -0.39 is 89.9 Å². The Morgan fingerprint density at radius 1 is 0.805 bits per heavy atom. The summed E-state index contributed by atoms with van der Waals surface area (Å²) in [5.41, 5.74) is 8.27. The van der Waals surface area contributed by atoms with Crippen LogP contribution in [0.15, 0.2) is 91.0 Å². The number of aliphatic hydroxyl groups excluding tert-OH is 3. The Kier molecular flexibility index (Phi) is 19.3. The number of nitrogens with zero attached hydrogens (tertiary/aromatic N) is 2. The number of urea groups is 1. The second-order valence-electron chi connectivity index (χ2n) is 20.7. The van der Waals surface area contributed by atoms with E-state index in [-0.39, 0.29) is 105 Å². The van der Waals surface area contributed by atoms with Gasteiger partial charge >= 0.3 is 12.0 Å². The van der Waals surface area contributed by atoms with Crippen molar-refractivity contribution in [3.8, 4) is 5.75 Å². The molecule has 5 aromatic rings. The Labute approximate surface area is 475 Å². The number of amides is 9. The molecule has 8 atom stereocenters. The summed E-state index contributed by atoms with van der Waals surface area (Å²) in [6, 6.07) is 19.1. The van der Waals surface area contributed by atoms with Gasteiger partial charge in [-0.1, -0.05) is 38.1 Å². The molecule has 82 heavy (non-hydrogen) atoms. The van der Waals surface area contributed by atoms with Crippen molar-refractivity contribution in [1.82, 2.24) is 31.2 Å². The number of nitrogens with two attached hydrogens (primary N) is 1. The average molecular weight is 1150 g/mol. The van der Waals surface area contributed by atoms with Crippen LogP contribution in [0.25, 0.3) is 21.7 Å². The van der Waals surface area contributed by atoms with Gasteiger partial charge in [0.15, 0.2) is 0 Å². The number of primary amides is 1. The maximum atomic E-state index is 14.5. The number of fused-ring (bicyclic) bond motifs is 4. The average Bonchev–Trinajstić information content (AvgIpc) is 2.74. The molecule has 0 unspecified atom stereocenters. The second-order valence-corrected chi connectivity index (χ2v) is 21.0. The third-order valence-electron chi connectivity index (χ3n) is 14.7. The molecule has 0 bridgehead atoms. The van der Waals surface area contributed by atoms with Crippen LogP contribution < -0.4 is 47.3 Å². The highest BCUT2D eigenvalue weighted by Crippen LogP contribution is 2.47. The standard InChI is InChI=1S/C57H65ClN10O14/c1-29(2)48(61-21-20-60-44(69)10-6-22-67-45(70)17-18-46(67)71)54(77)66-39(9-5-19-62-57(59)81)53(76)63-33-13-11-30(12-14-33)52(75)64-34-15-16-38-31(23-34)24-40(65-38)55(78)68-28-32(27-58)47-36-8-4-3-7-35(36)42(26-41(47)68)82-43-25-37(56(79)80)49(72)51(74)50(43)73/h3-4,7-8,11-18,23-24,26,29,32,37,39,43,48-51,61,65,72-74H,5-6,9-10,19-22,25,27-28H2,1-2H3,(H,60,69)(H,63,76)(H,64,75)(H,66,77)(H,79,80)(H3,59,62,81)/t32-,37+,39+,43+,48+,49-,50+,51+/m1/s1. The molecule has 3 aliphatic rings. The summed E-state index contributed by atoms with van der Waals surface area (Å²) < 4.78 is 6.28. The number of aliphatic hydroxyl groups is 3. The van der Waals surface area contributed by atoms with Crippen molar-refractivity contribution in [3.63, 3.8) is 0 Å². The molecule has 13 N–H and O–H groups in total. The summed E-state index contributed by atoms with van der Waals surface area (Å²) in [6.07, 6.45) is -3.50. The minimum atomic E-state index is -1.78. The number of carboxylic acids is 1. The van der Waals surface area contributed by atoms with Gasteiger partial charge < -0.3 is 72.7 Å². The van der Waals surface area contributed by atoms with Gasteiger partial charge in [0.1, 0.15) is 35.8 Å². The van der Waals surface area contributed by atoms with E-state index in [1.807, 2.05) is 26.0 Å². The van der Waals surface area contributed by atoms with Crippen LogP contribution in [0.2, 0.25) is 0 Å². The second kappa shape index (κ2) is 26.4. The summed E-state index contributed by atoms with van der Waals surface area (Å²) in [7, 11) is 0. The van der Waals surface area contributed by atoms with Crippen LogP contribution in [0.4, 0.5) is 21.9 Å². The van der Waals surface area contributed by atoms with Gasteiger partial charge in [-0.3, -0.25) is 43.3 Å². The number of aliphatic carboxylic acids is 1. The van der Waals surface area contributed by atoms with Gasteiger partial charge in [0.2, 0.25) is 17.7 Å². The number of aromatic amines is 1. The number of aromatic nitrogens is 1. The summed E-state index contributed by atoms with van der Waals surface area (Å²) in [5.74, 6) is -5.98. The molecule has 1 aliphatic carbocycles. The van der Waals surface area contributed by atoms with Crippen molar-refractivity contribution in [1.29, 1.82) is 0 Å². The Hall–Kier alpha value is -8.42. The van der Waals surface area contributed by atoms with E-state index in [0.717, 1.165) is 15.8 Å². The molecule has 3 heterocycles. The van der Waals surface area contributed by atoms with E-state index in [4.69, 9.17) is 22.1 Å². The predicted octanol–water partition coefficient (Wildman–Crippen LogP) is 2.80. The smallest absolute Gasteiger partial charge is 0.312 e. The largest absolute Gasteiger partial charge is 0.487 e. The number of nitrogens with one attached hydrogen (secondary N) is 7. The number of ether oxygens (including phenoxy) is 1. The summed E-state index contributed by atoms with van der Waals surface area (Å²) in [6.45, 7) is 4.46. The van der Waals surface area contributed by atoms with Crippen LogP contribution in [0.1, 0.15) is 78.3 Å². The molecular weight excluding hydrogens is 1080 g/mol. The molecule has 8 rings (SSSR count). The molecular formula is C57H65ClN10O14. The summed E-state index contributed by atoms with van der Waals surface area (Å²) in [5, 5.41) is 60.3. The molecule has 0 radical (unpaired) electrons. The van der Waals surface area contributed by atoms with Gasteiger partial charge in [-0.25, -0.2) is 4.79 Å². The maximum absolute atomic E-state index is 14.5. The van der Waals surface area contributed by atoms with Crippen LogP contribution in [-0.4, -0.2) is 159 Å². The van der Waals surface area contributed by atoms with E-state index in [1.54, 1.807) is 47.4 Å². The SMILES string of the molecule is CC(C)[C@H](NCCNC(=O)CCCN1C(=O)C=CC1=O)C(=O)N[C@@H](CCCNC(N)=O)C(=O)Nc1ccc(C(=O)Nc2ccc3[nH]c(C(=O)N4C[C@@H](CCl)c5c4cc(O[C@H]4C[C@H](C(=O)O)[C@@H](O)[C@H](O)[C@H]4O)c4ccccc54)cc3c2)cc1. The molecule has 0 saturated heterocycles. The van der Waals surface area contributed by atoms with Crippen molar-refractivity contribution in [3.05, 3.63) is 108 Å². The normalized spacial score (nSPS) is 20.1. The molecule has 434 valence electrons. The third-order valence-corrected chi connectivity index (χ3v) is 15.1. The minimum absolute atomic E-state index is 0.0799. The Bertz CT molecular complexity index is 3280. The molecule has 1 saturated carbocycles. The van der Waals surface area contributed by atoms with Crippen LogP contribution in [-0.2, 0) is 28.8 Å². The molecule has 4 aromatic carbocycles. The topological polar surface area (TPSA) is 364 Å². The highest BCUT2D eigenvalue weighted by molar-refractivity contribution is 6.19. The zero-order valence-corrected chi connectivity index (χ0v) is 45.6. The first-order chi connectivity index (χ1) is 39.2. The number of rotatable bonds is 24. The molecule has 25 heteroatoms. The Balaban J connectivity index is 0.885. The molecule has 1 fully saturated rings. The predicted molar refractivity (Wildman–Crippen MR) is 302 cm³/mol. The van der Waals surface area contributed by atoms with Gasteiger partial charge in [0, 0.05) is 109 Å². The number of carbonyl (C=O) groups excluding carboxylic acids is 8. The van der Waals surface area contributed by atoms with Gasteiger partial charge in [-0.15, -0.1) is 11.6 Å². The minimum Gasteiger partial charge on any atom is -0.487 e. The number of imide groups is 1. The van der Waals surface area contributed by atoms with Gasteiger partial charge in [0.25, 0.3) is 23.6 Å². The van der Waals surface area contributed by atoms with E-state index in [1.165, 1.54) is 36.4 Å². The monoisotopic (exact) mass is 1150 g/mol. The number of anilines is 3. The van der Waals surface area contributed by atoms with Crippen LogP contribution in [0.5, 0.6) is 5.75 Å². The van der Waals surface area contributed by atoms with Gasteiger partial charge in [0.05, 0.1) is 23.8 Å². The van der Waals surface area contributed by atoms with Crippen molar-refractivity contribution in [2.45, 2.75) is 88.4 Å². The number of benzene rings is 4. The van der Waals surface area contributed by atoms with Crippen molar-refractivity contribution >= 4 is 104 Å². The number of hydrogen-bond donors (Lipinski definition) is 12. The lowest BCUT2D eigenvalue weighted by Gasteiger charge is -2.38. The lowest BCUT2D eigenvalue weighted by atomic mass is 9.80. The zero-order chi connectivity index (χ0) is 58.9.